The average molecular weight is 427 g/mol. The number of carbonyl (C=O) groups excluding carboxylic acids is 2. The average Bonchev–Trinajstić information content (AvgIpc) is 3.15. The number of hydrogen-bond acceptors (Lipinski definition) is 7. The van der Waals surface area contributed by atoms with E-state index in [1.54, 1.807) is 14.0 Å². The smallest absolute Gasteiger partial charge is 0.441 e. The van der Waals surface area contributed by atoms with Gasteiger partial charge in [0.2, 0.25) is 5.91 Å². The highest BCUT2D eigenvalue weighted by Gasteiger charge is 2.29. The number of rotatable bonds is 7. The van der Waals surface area contributed by atoms with Crippen molar-refractivity contribution in [3.63, 3.8) is 0 Å². The summed E-state index contributed by atoms with van der Waals surface area (Å²) in [6, 6.07) is 0. The van der Waals surface area contributed by atoms with Crippen molar-refractivity contribution in [3.8, 4) is 0 Å². The summed E-state index contributed by atoms with van der Waals surface area (Å²) in [6.07, 6.45) is 2.97. The largest absolute Gasteiger partial charge is 0.462 e. The van der Waals surface area contributed by atoms with Crippen molar-refractivity contribution in [1.82, 2.24) is 5.27 Å². The predicted molar refractivity (Wildman–Crippen MR) is 106 cm³/mol. The molecule has 8 nitrogen and oxygen atoms in total. The number of carbonyl (C=O) groups is 2. The zero-order chi connectivity index (χ0) is 20.3. The lowest BCUT2D eigenvalue weighted by atomic mass is 9.88. The topological polar surface area (TPSA) is 105 Å². The lowest BCUT2D eigenvalue weighted by molar-refractivity contribution is -0.772. The van der Waals surface area contributed by atoms with Crippen LogP contribution in [-0.2, 0) is 29.4 Å². The van der Waals surface area contributed by atoms with Gasteiger partial charge in [-0.05, 0) is 54.7 Å². The minimum Gasteiger partial charge on any atom is -0.462 e. The molecule has 2 aromatic rings. The van der Waals surface area contributed by atoms with Gasteiger partial charge in [-0.1, -0.05) is 11.6 Å². The number of hydrogen-bond donors (Lipinski definition) is 2. The molecule has 1 atom stereocenters. The van der Waals surface area contributed by atoms with E-state index in [1.807, 2.05) is 0 Å². The van der Waals surface area contributed by atoms with E-state index in [-0.39, 0.29) is 18.3 Å². The predicted octanol–water partition coefficient (Wildman–Crippen LogP) is 2.28. The maximum Gasteiger partial charge on any atom is 0.441 e. The van der Waals surface area contributed by atoms with Crippen molar-refractivity contribution in [2.24, 2.45) is 13.0 Å². The van der Waals surface area contributed by atoms with Crippen LogP contribution in [0.1, 0.15) is 47.5 Å². The lowest BCUT2D eigenvalue weighted by Gasteiger charge is -2.18. The Balaban J connectivity index is 1.69. The molecule has 0 saturated carbocycles. The molecule has 0 spiro atoms. The summed E-state index contributed by atoms with van der Waals surface area (Å²) >= 11 is 2.71. The first kappa shape index (κ1) is 20.7. The molecular formula is C18H24N3O5S2+. The standard InChI is InChI=1S/C18H23N3O5S2/c1-4-25-17(23)14-11-6-5-10(2)9-12(11)28-15(14)19-13(22)7-8-27-16-18(24)26-20-21(16)3/h10H,4-9H2,1-3H3,(H-,19,20,22,23,24)/p+1. The second-order valence-corrected chi connectivity index (χ2v) is 8.96. The molecule has 3 rings (SSSR count). The van der Waals surface area contributed by atoms with Gasteiger partial charge in [0.25, 0.3) is 0 Å². The quantitative estimate of drug-likeness (QED) is 0.400. The zero-order valence-corrected chi connectivity index (χ0v) is 17.8. The fourth-order valence-electron chi connectivity index (χ4n) is 3.18. The van der Waals surface area contributed by atoms with E-state index in [0.717, 1.165) is 29.7 Å². The van der Waals surface area contributed by atoms with Crippen LogP contribution in [0.5, 0.6) is 0 Å². The molecule has 0 radical (unpaired) electrons. The number of amides is 1. The van der Waals surface area contributed by atoms with Gasteiger partial charge in [-0.15, -0.1) is 11.3 Å². The Morgan fingerprint density at radius 1 is 1.46 bits per heavy atom. The van der Waals surface area contributed by atoms with E-state index < -0.39 is 5.63 Å². The number of ether oxygens (including phenoxy) is 1. The number of esters is 1. The Morgan fingerprint density at radius 2 is 2.25 bits per heavy atom. The third-order valence-corrected chi connectivity index (χ3v) is 6.86. The van der Waals surface area contributed by atoms with Crippen molar-refractivity contribution in [3.05, 3.63) is 26.4 Å². The molecular weight excluding hydrogens is 402 g/mol. The van der Waals surface area contributed by atoms with Crippen LogP contribution in [0.4, 0.5) is 5.00 Å². The number of aromatic nitrogens is 2. The number of thiophene rings is 1. The summed E-state index contributed by atoms with van der Waals surface area (Å²) in [5, 5.41) is 6.29. The number of anilines is 1. The first-order valence-corrected chi connectivity index (χ1v) is 11.0. The second-order valence-electron chi connectivity index (χ2n) is 6.77. The van der Waals surface area contributed by atoms with Crippen molar-refractivity contribution in [2.45, 2.75) is 44.6 Å². The van der Waals surface area contributed by atoms with E-state index in [9.17, 15) is 14.4 Å². The van der Waals surface area contributed by atoms with Gasteiger partial charge < -0.3 is 10.1 Å². The SMILES string of the molecule is CCOC(=O)c1c(NC(=O)CCSc2c(=O)o[nH][n+]2C)sc2c1CCC(C)C2. The number of fused-ring (bicyclic) bond motifs is 1. The highest BCUT2D eigenvalue weighted by atomic mass is 32.2. The van der Waals surface area contributed by atoms with Crippen LogP contribution in [0.25, 0.3) is 0 Å². The Hall–Kier alpha value is -2.07. The van der Waals surface area contributed by atoms with Crippen LogP contribution in [0.15, 0.2) is 14.3 Å². The van der Waals surface area contributed by atoms with Gasteiger partial charge in [0.1, 0.15) is 5.00 Å². The van der Waals surface area contributed by atoms with E-state index in [4.69, 9.17) is 4.74 Å². The molecule has 1 aliphatic rings. The number of aryl methyl sites for hydroxylation is 1. The molecule has 28 heavy (non-hydrogen) atoms. The maximum absolute atomic E-state index is 12.5. The molecule has 1 amide bonds. The summed E-state index contributed by atoms with van der Waals surface area (Å²) < 4.78 is 11.4. The van der Waals surface area contributed by atoms with E-state index in [1.165, 1.54) is 27.8 Å². The summed E-state index contributed by atoms with van der Waals surface area (Å²) in [4.78, 5) is 37.6. The highest BCUT2D eigenvalue weighted by Crippen LogP contribution is 2.40. The van der Waals surface area contributed by atoms with E-state index in [0.29, 0.717) is 33.9 Å². The van der Waals surface area contributed by atoms with Gasteiger partial charge in [0.05, 0.1) is 12.2 Å². The molecule has 2 N–H and O–H groups in total. The van der Waals surface area contributed by atoms with Crippen LogP contribution < -0.4 is 15.6 Å². The molecule has 0 aliphatic heterocycles. The van der Waals surface area contributed by atoms with Gasteiger partial charge in [-0.2, -0.15) is 0 Å². The fourth-order valence-corrected chi connectivity index (χ4v) is 5.46. The van der Waals surface area contributed by atoms with E-state index >= 15 is 0 Å². The summed E-state index contributed by atoms with van der Waals surface area (Å²) in [5.74, 6) is 0.400. The third kappa shape index (κ3) is 4.49. The van der Waals surface area contributed by atoms with Gasteiger partial charge in [-0.3, -0.25) is 9.32 Å². The lowest BCUT2D eigenvalue weighted by Crippen LogP contribution is -2.33. The number of H-pyrrole nitrogens is 1. The molecule has 152 valence electrons. The van der Waals surface area contributed by atoms with Crippen LogP contribution in [0.3, 0.4) is 0 Å². The van der Waals surface area contributed by atoms with Crippen LogP contribution in [0, 0.1) is 5.92 Å². The third-order valence-electron chi connectivity index (χ3n) is 4.57. The zero-order valence-electron chi connectivity index (χ0n) is 16.1. The molecule has 1 unspecified atom stereocenters. The van der Waals surface area contributed by atoms with Crippen molar-refractivity contribution < 1.29 is 23.5 Å². The first-order valence-electron chi connectivity index (χ1n) is 9.22. The molecule has 0 saturated heterocycles. The Morgan fingerprint density at radius 3 is 2.93 bits per heavy atom. The maximum atomic E-state index is 12.5. The number of thioether (sulfide) groups is 1. The summed E-state index contributed by atoms with van der Waals surface area (Å²) in [5.41, 5.74) is 1.06. The Bertz CT molecular complexity index is 930. The normalized spacial score (nSPS) is 15.9. The van der Waals surface area contributed by atoms with Gasteiger partial charge in [-0.25, -0.2) is 9.59 Å². The number of nitrogens with one attached hydrogen (secondary N) is 2. The van der Waals surface area contributed by atoms with Crippen LogP contribution in [-0.4, -0.2) is 29.5 Å². The molecule has 0 bridgehead atoms. The molecule has 2 aromatic heterocycles. The Kier molecular flexibility index (Phi) is 6.61. The van der Waals surface area contributed by atoms with E-state index in [2.05, 4.69) is 22.0 Å². The molecule has 2 heterocycles. The fraction of sp³-hybridized carbons (Fsp3) is 0.556. The van der Waals surface area contributed by atoms with Crippen LogP contribution in [0.2, 0.25) is 0 Å². The molecule has 0 fully saturated rings. The highest BCUT2D eigenvalue weighted by molar-refractivity contribution is 7.99. The van der Waals surface area contributed by atoms with Crippen molar-refractivity contribution in [2.75, 3.05) is 17.7 Å². The number of aromatic amines is 1. The molecule has 0 aromatic carbocycles. The van der Waals surface area contributed by atoms with Crippen molar-refractivity contribution in [1.29, 1.82) is 0 Å². The van der Waals surface area contributed by atoms with Gasteiger partial charge >= 0.3 is 16.6 Å². The van der Waals surface area contributed by atoms with Gasteiger partial charge in [0, 0.05) is 17.1 Å². The second kappa shape index (κ2) is 8.95. The van der Waals surface area contributed by atoms with Gasteiger partial charge in [0.15, 0.2) is 7.05 Å². The minimum absolute atomic E-state index is 0.202. The minimum atomic E-state index is -0.461. The van der Waals surface area contributed by atoms with Crippen LogP contribution >= 0.6 is 23.1 Å². The van der Waals surface area contributed by atoms with Crippen molar-refractivity contribution >= 4 is 40.0 Å². The monoisotopic (exact) mass is 426 g/mol. The first-order chi connectivity index (χ1) is 13.4. The Labute approximate surface area is 170 Å². The summed E-state index contributed by atoms with van der Waals surface area (Å²) in [6.45, 7) is 4.26. The number of nitrogens with zero attached hydrogens (tertiary/aromatic N) is 1. The summed E-state index contributed by atoms with van der Waals surface area (Å²) in [7, 11) is 1.66. The molecule has 10 heteroatoms. The molecule has 1 aliphatic carbocycles.